The minimum atomic E-state index is -1.67. The number of esters is 1. The molecule has 7 heteroatoms. The van der Waals surface area contributed by atoms with Gasteiger partial charge in [-0.3, -0.25) is 4.79 Å². The van der Waals surface area contributed by atoms with Crippen LogP contribution in [-0.2, 0) is 14.3 Å². The van der Waals surface area contributed by atoms with Gasteiger partial charge in [-0.05, 0) is 24.6 Å². The number of rotatable bonds is 4. The molecule has 3 N–H and O–H groups in total. The van der Waals surface area contributed by atoms with Crippen molar-refractivity contribution in [2.45, 2.75) is 19.1 Å². The number of nitrogens with one attached hydrogen (secondary N) is 1. The molecular weight excluding hydrogens is 266 g/mol. The maximum Gasteiger partial charge on any atom is 0.338 e. The number of amides is 1. The van der Waals surface area contributed by atoms with Crippen LogP contribution in [0.15, 0.2) is 18.2 Å². The van der Waals surface area contributed by atoms with E-state index in [-0.39, 0.29) is 19.1 Å². The van der Waals surface area contributed by atoms with Gasteiger partial charge >= 0.3 is 5.97 Å². The van der Waals surface area contributed by atoms with E-state index in [2.05, 4.69) is 10.1 Å². The van der Waals surface area contributed by atoms with Gasteiger partial charge in [-0.15, -0.1) is 0 Å². The summed E-state index contributed by atoms with van der Waals surface area (Å²) in [6, 6.07) is 4.48. The number of carbonyl (C=O) groups is 2. The maximum absolute atomic E-state index is 11.4. The SMILES string of the molecule is CCOC(=O)C(O)C(O)c1ccc2c(c1)OCC(=O)N2. The Balaban J connectivity index is 2.17. The Morgan fingerprint density at radius 1 is 1.50 bits per heavy atom. The van der Waals surface area contributed by atoms with Crippen molar-refractivity contribution in [3.8, 4) is 5.75 Å². The van der Waals surface area contributed by atoms with Gasteiger partial charge in [-0.25, -0.2) is 4.79 Å². The Hall–Kier alpha value is -2.12. The van der Waals surface area contributed by atoms with Crippen molar-refractivity contribution >= 4 is 17.6 Å². The van der Waals surface area contributed by atoms with Gasteiger partial charge in [0.15, 0.2) is 12.7 Å². The van der Waals surface area contributed by atoms with Crippen molar-refractivity contribution in [1.29, 1.82) is 0 Å². The lowest BCUT2D eigenvalue weighted by Crippen LogP contribution is -2.30. The highest BCUT2D eigenvalue weighted by atomic mass is 16.5. The number of fused-ring (bicyclic) bond motifs is 1. The Kier molecular flexibility index (Phi) is 4.21. The third-order valence-corrected chi connectivity index (χ3v) is 2.81. The smallest absolute Gasteiger partial charge is 0.338 e. The predicted octanol–water partition coefficient (Wildman–Crippen LogP) is -0.0251. The number of carbonyl (C=O) groups excluding carboxylic acids is 2. The van der Waals surface area contributed by atoms with Gasteiger partial charge in [0.05, 0.1) is 12.3 Å². The predicted molar refractivity (Wildman–Crippen MR) is 68.2 cm³/mol. The molecule has 0 spiro atoms. The first-order valence-electron chi connectivity index (χ1n) is 6.12. The van der Waals surface area contributed by atoms with E-state index in [9.17, 15) is 19.8 Å². The molecule has 1 aliphatic heterocycles. The van der Waals surface area contributed by atoms with Crippen LogP contribution in [0, 0.1) is 0 Å². The zero-order valence-corrected chi connectivity index (χ0v) is 10.8. The van der Waals surface area contributed by atoms with E-state index in [1.165, 1.54) is 18.2 Å². The number of ether oxygens (including phenoxy) is 2. The molecule has 0 saturated heterocycles. The fraction of sp³-hybridized carbons (Fsp3) is 0.385. The highest BCUT2D eigenvalue weighted by molar-refractivity contribution is 5.95. The molecule has 20 heavy (non-hydrogen) atoms. The fourth-order valence-electron chi connectivity index (χ4n) is 1.81. The average Bonchev–Trinajstić information content (AvgIpc) is 2.45. The molecule has 0 aromatic heterocycles. The fourth-order valence-corrected chi connectivity index (χ4v) is 1.81. The number of anilines is 1. The molecule has 0 aliphatic carbocycles. The molecule has 108 valence electrons. The Labute approximate surface area is 115 Å². The Morgan fingerprint density at radius 2 is 2.25 bits per heavy atom. The molecular formula is C13H15NO6. The standard InChI is InChI=1S/C13H15NO6/c1-2-19-13(18)12(17)11(16)7-3-4-8-9(5-7)20-6-10(15)14-8/h3-5,11-12,16-17H,2,6H2,1H3,(H,14,15). The second-order valence-electron chi connectivity index (χ2n) is 4.23. The number of hydrogen-bond acceptors (Lipinski definition) is 6. The molecule has 1 amide bonds. The number of aliphatic hydroxyl groups excluding tert-OH is 2. The normalized spacial score (nSPS) is 16.4. The van der Waals surface area contributed by atoms with Crippen LogP contribution < -0.4 is 10.1 Å². The third-order valence-electron chi connectivity index (χ3n) is 2.81. The van der Waals surface area contributed by atoms with Crippen molar-refractivity contribution in [2.75, 3.05) is 18.5 Å². The maximum atomic E-state index is 11.4. The van der Waals surface area contributed by atoms with E-state index in [0.717, 1.165) is 0 Å². The lowest BCUT2D eigenvalue weighted by molar-refractivity contribution is -0.159. The van der Waals surface area contributed by atoms with Crippen molar-refractivity contribution < 1.29 is 29.3 Å². The minimum absolute atomic E-state index is 0.113. The molecule has 2 rings (SSSR count). The van der Waals surface area contributed by atoms with Gasteiger partial charge in [0, 0.05) is 0 Å². The molecule has 1 aromatic carbocycles. The summed E-state index contributed by atoms with van der Waals surface area (Å²) in [5, 5.41) is 22.2. The third kappa shape index (κ3) is 2.89. The summed E-state index contributed by atoms with van der Waals surface area (Å²) in [4.78, 5) is 22.5. The first-order valence-corrected chi connectivity index (χ1v) is 6.12. The summed E-state index contributed by atoms with van der Waals surface area (Å²) in [7, 11) is 0. The van der Waals surface area contributed by atoms with Gasteiger partial charge in [-0.2, -0.15) is 0 Å². The van der Waals surface area contributed by atoms with Gasteiger partial charge in [-0.1, -0.05) is 6.07 Å². The van der Waals surface area contributed by atoms with Crippen molar-refractivity contribution in [3.05, 3.63) is 23.8 Å². The van der Waals surface area contributed by atoms with Crippen molar-refractivity contribution in [3.63, 3.8) is 0 Å². The van der Waals surface area contributed by atoms with E-state index in [1.807, 2.05) is 0 Å². The molecule has 1 heterocycles. The minimum Gasteiger partial charge on any atom is -0.482 e. The van der Waals surface area contributed by atoms with Crippen molar-refractivity contribution in [2.24, 2.45) is 0 Å². The molecule has 1 aliphatic rings. The van der Waals surface area contributed by atoms with Crippen LogP contribution in [0.3, 0.4) is 0 Å². The van der Waals surface area contributed by atoms with E-state index in [4.69, 9.17) is 4.74 Å². The van der Waals surface area contributed by atoms with Crippen LogP contribution in [-0.4, -0.2) is 41.4 Å². The van der Waals surface area contributed by atoms with E-state index >= 15 is 0 Å². The van der Waals surface area contributed by atoms with Gasteiger partial charge in [0.1, 0.15) is 11.9 Å². The second-order valence-corrected chi connectivity index (χ2v) is 4.23. The summed E-state index contributed by atoms with van der Waals surface area (Å²) >= 11 is 0. The van der Waals surface area contributed by atoms with Gasteiger partial charge in [0.25, 0.3) is 5.91 Å². The molecule has 0 fully saturated rings. The monoisotopic (exact) mass is 281 g/mol. The Morgan fingerprint density at radius 3 is 2.95 bits per heavy atom. The van der Waals surface area contributed by atoms with Crippen molar-refractivity contribution in [1.82, 2.24) is 0 Å². The zero-order valence-electron chi connectivity index (χ0n) is 10.8. The average molecular weight is 281 g/mol. The number of aliphatic hydroxyl groups is 2. The van der Waals surface area contributed by atoms with Crippen LogP contribution in [0.25, 0.3) is 0 Å². The highest BCUT2D eigenvalue weighted by Crippen LogP contribution is 2.31. The van der Waals surface area contributed by atoms with Crippen LogP contribution >= 0.6 is 0 Å². The Bertz CT molecular complexity index is 530. The zero-order chi connectivity index (χ0) is 14.7. The molecule has 7 nitrogen and oxygen atoms in total. The summed E-state index contributed by atoms with van der Waals surface area (Å²) in [6.45, 7) is 1.60. The van der Waals surface area contributed by atoms with E-state index in [0.29, 0.717) is 17.0 Å². The molecule has 2 unspecified atom stereocenters. The summed E-state index contributed by atoms with van der Waals surface area (Å²) in [6.07, 6.45) is -3.10. The summed E-state index contributed by atoms with van der Waals surface area (Å²) in [5.41, 5.74) is 0.767. The first kappa shape index (κ1) is 14.3. The summed E-state index contributed by atoms with van der Waals surface area (Å²) in [5.74, 6) is -0.790. The second kappa shape index (κ2) is 5.89. The molecule has 0 saturated carbocycles. The van der Waals surface area contributed by atoms with Gasteiger partial charge < -0.3 is 25.0 Å². The largest absolute Gasteiger partial charge is 0.482 e. The number of hydrogen-bond donors (Lipinski definition) is 3. The van der Waals surface area contributed by atoms with E-state index < -0.39 is 18.2 Å². The van der Waals surface area contributed by atoms with Crippen LogP contribution in [0.2, 0.25) is 0 Å². The topological polar surface area (TPSA) is 105 Å². The van der Waals surface area contributed by atoms with Crippen LogP contribution in [0.4, 0.5) is 5.69 Å². The molecule has 2 atom stereocenters. The van der Waals surface area contributed by atoms with Crippen LogP contribution in [0.1, 0.15) is 18.6 Å². The van der Waals surface area contributed by atoms with Gasteiger partial charge in [0.2, 0.25) is 0 Å². The molecule has 1 aromatic rings. The molecule has 0 radical (unpaired) electrons. The first-order chi connectivity index (χ1) is 9.52. The van der Waals surface area contributed by atoms with Crippen LogP contribution in [0.5, 0.6) is 5.75 Å². The number of benzene rings is 1. The lowest BCUT2D eigenvalue weighted by Gasteiger charge is -2.21. The molecule has 0 bridgehead atoms. The lowest BCUT2D eigenvalue weighted by atomic mass is 10.0. The summed E-state index contributed by atoms with van der Waals surface area (Å²) < 4.78 is 9.83. The quantitative estimate of drug-likeness (QED) is 0.670. The highest BCUT2D eigenvalue weighted by Gasteiger charge is 2.28. The van der Waals surface area contributed by atoms with E-state index in [1.54, 1.807) is 6.92 Å².